The van der Waals surface area contributed by atoms with Crippen LogP contribution in [0.3, 0.4) is 0 Å². The van der Waals surface area contributed by atoms with Crippen molar-refractivity contribution in [2.75, 3.05) is 30.5 Å². The van der Waals surface area contributed by atoms with Crippen molar-refractivity contribution < 1.29 is 17.9 Å². The molecule has 0 aromatic carbocycles. The lowest BCUT2D eigenvalue weighted by Gasteiger charge is -2.22. The number of hydrazine groups is 1. The highest BCUT2D eigenvalue weighted by atomic mass is 19.4. The van der Waals surface area contributed by atoms with Gasteiger partial charge in [-0.05, 0) is 18.8 Å². The van der Waals surface area contributed by atoms with E-state index in [0.717, 1.165) is 12.8 Å². The largest absolute Gasteiger partial charge is 0.451 e. The molecule has 0 bridgehead atoms. The monoisotopic (exact) mass is 291 g/mol. The summed E-state index contributed by atoms with van der Waals surface area (Å²) in [5.41, 5.74) is 2.11. The highest BCUT2D eigenvalue weighted by molar-refractivity contribution is 5.47. The Labute approximate surface area is 113 Å². The normalized spacial score (nSPS) is 17.0. The highest BCUT2D eigenvalue weighted by Crippen LogP contribution is 2.28. The molecule has 112 valence electrons. The van der Waals surface area contributed by atoms with E-state index >= 15 is 0 Å². The molecule has 0 unspecified atom stereocenters. The summed E-state index contributed by atoms with van der Waals surface area (Å²) >= 11 is 0. The molecule has 6 nitrogen and oxygen atoms in total. The number of halogens is 3. The summed E-state index contributed by atoms with van der Waals surface area (Å²) in [5.74, 6) is 4.28. The van der Waals surface area contributed by atoms with Gasteiger partial charge in [-0.1, -0.05) is 0 Å². The molecule has 0 amide bonds. The molecule has 1 saturated heterocycles. The van der Waals surface area contributed by atoms with E-state index in [1.165, 1.54) is 6.07 Å². The zero-order chi connectivity index (χ0) is 14.6. The Morgan fingerprint density at radius 3 is 2.50 bits per heavy atom. The van der Waals surface area contributed by atoms with Gasteiger partial charge >= 0.3 is 6.18 Å². The smallest absolute Gasteiger partial charge is 0.381 e. The lowest BCUT2D eigenvalue weighted by molar-refractivity contribution is -0.144. The predicted molar refractivity (Wildman–Crippen MR) is 66.9 cm³/mol. The fourth-order valence-electron chi connectivity index (χ4n) is 1.94. The van der Waals surface area contributed by atoms with Crippen molar-refractivity contribution in [1.82, 2.24) is 9.97 Å². The van der Waals surface area contributed by atoms with Gasteiger partial charge in [0.25, 0.3) is 0 Å². The predicted octanol–water partition coefficient (Wildman–Crippen LogP) is 1.62. The minimum atomic E-state index is -4.61. The van der Waals surface area contributed by atoms with E-state index in [2.05, 4.69) is 20.7 Å². The lowest BCUT2D eigenvalue weighted by Crippen LogP contribution is -2.24. The van der Waals surface area contributed by atoms with E-state index in [0.29, 0.717) is 25.7 Å². The molecule has 2 rings (SSSR count). The molecule has 0 aliphatic carbocycles. The number of aromatic nitrogens is 2. The zero-order valence-corrected chi connectivity index (χ0v) is 10.7. The number of nitrogens with one attached hydrogen (secondary N) is 2. The fourth-order valence-corrected chi connectivity index (χ4v) is 1.94. The van der Waals surface area contributed by atoms with Crippen LogP contribution < -0.4 is 16.6 Å². The maximum Gasteiger partial charge on any atom is 0.451 e. The third-order valence-electron chi connectivity index (χ3n) is 3.04. The average molecular weight is 291 g/mol. The summed E-state index contributed by atoms with van der Waals surface area (Å²) < 4.78 is 43.1. The second kappa shape index (κ2) is 6.23. The van der Waals surface area contributed by atoms with Crippen molar-refractivity contribution >= 4 is 11.6 Å². The molecule has 1 fully saturated rings. The van der Waals surface area contributed by atoms with Crippen LogP contribution in [-0.4, -0.2) is 29.7 Å². The van der Waals surface area contributed by atoms with Crippen LogP contribution in [0.4, 0.5) is 24.8 Å². The number of alkyl halides is 3. The van der Waals surface area contributed by atoms with Crippen molar-refractivity contribution in [2.24, 2.45) is 11.8 Å². The van der Waals surface area contributed by atoms with Crippen molar-refractivity contribution in [3.05, 3.63) is 11.9 Å². The van der Waals surface area contributed by atoms with Gasteiger partial charge in [-0.25, -0.2) is 15.8 Å². The summed E-state index contributed by atoms with van der Waals surface area (Å²) in [5, 5.41) is 2.90. The van der Waals surface area contributed by atoms with Gasteiger partial charge in [0.15, 0.2) is 0 Å². The van der Waals surface area contributed by atoms with Crippen LogP contribution in [0, 0.1) is 5.92 Å². The number of nitrogen functional groups attached to an aromatic ring is 1. The summed E-state index contributed by atoms with van der Waals surface area (Å²) in [7, 11) is 0. The Balaban J connectivity index is 2.06. The van der Waals surface area contributed by atoms with Gasteiger partial charge in [-0.3, -0.25) is 0 Å². The van der Waals surface area contributed by atoms with Gasteiger partial charge in [0, 0.05) is 25.8 Å². The molecular weight excluding hydrogens is 275 g/mol. The Kier molecular flexibility index (Phi) is 4.61. The van der Waals surface area contributed by atoms with Crippen molar-refractivity contribution in [2.45, 2.75) is 19.0 Å². The van der Waals surface area contributed by atoms with E-state index in [4.69, 9.17) is 10.6 Å². The van der Waals surface area contributed by atoms with E-state index in [9.17, 15) is 13.2 Å². The first-order valence-electron chi connectivity index (χ1n) is 6.23. The summed E-state index contributed by atoms with van der Waals surface area (Å²) in [6.45, 7) is 1.90. The lowest BCUT2D eigenvalue weighted by atomic mass is 10.0. The summed E-state index contributed by atoms with van der Waals surface area (Å²) in [4.78, 5) is 6.75. The molecule has 0 saturated carbocycles. The third kappa shape index (κ3) is 3.94. The van der Waals surface area contributed by atoms with Gasteiger partial charge in [0.2, 0.25) is 5.82 Å². The topological polar surface area (TPSA) is 85.1 Å². The van der Waals surface area contributed by atoms with E-state index in [1.54, 1.807) is 0 Å². The summed E-state index contributed by atoms with van der Waals surface area (Å²) in [6, 6.07) is 1.34. The number of hydrogen-bond acceptors (Lipinski definition) is 6. The SMILES string of the molecule is NNc1cc(NCC2CCOCC2)nc(C(F)(F)F)n1. The maximum absolute atomic E-state index is 12.6. The highest BCUT2D eigenvalue weighted by Gasteiger charge is 2.35. The number of ether oxygens (including phenoxy) is 1. The van der Waals surface area contributed by atoms with Gasteiger partial charge in [0.1, 0.15) is 11.6 Å². The maximum atomic E-state index is 12.6. The van der Waals surface area contributed by atoms with Crippen LogP contribution in [0.2, 0.25) is 0 Å². The van der Waals surface area contributed by atoms with Crippen LogP contribution in [-0.2, 0) is 10.9 Å². The number of nitrogens with two attached hydrogens (primary N) is 1. The molecule has 0 radical (unpaired) electrons. The molecule has 4 N–H and O–H groups in total. The molecule has 1 aliphatic rings. The Morgan fingerprint density at radius 2 is 1.90 bits per heavy atom. The van der Waals surface area contributed by atoms with Crippen molar-refractivity contribution in [3.8, 4) is 0 Å². The minimum Gasteiger partial charge on any atom is -0.381 e. The van der Waals surface area contributed by atoms with Gasteiger partial charge in [-0.2, -0.15) is 13.2 Å². The Hall–Kier alpha value is -1.61. The number of hydrogen-bond donors (Lipinski definition) is 3. The molecule has 1 aromatic heterocycles. The van der Waals surface area contributed by atoms with Crippen LogP contribution in [0.5, 0.6) is 0 Å². The first-order chi connectivity index (χ1) is 9.49. The van der Waals surface area contributed by atoms with Crippen LogP contribution in [0.15, 0.2) is 6.07 Å². The second-order valence-electron chi connectivity index (χ2n) is 4.54. The zero-order valence-electron chi connectivity index (χ0n) is 10.7. The molecule has 1 aliphatic heterocycles. The van der Waals surface area contributed by atoms with Crippen molar-refractivity contribution in [3.63, 3.8) is 0 Å². The molecule has 0 atom stereocenters. The van der Waals surface area contributed by atoms with E-state index in [1.807, 2.05) is 0 Å². The number of rotatable bonds is 4. The molecule has 9 heteroatoms. The molecular formula is C11H16F3N5O. The minimum absolute atomic E-state index is 0.0817. The van der Waals surface area contributed by atoms with Gasteiger partial charge in [-0.15, -0.1) is 0 Å². The van der Waals surface area contributed by atoms with Crippen LogP contribution >= 0.6 is 0 Å². The Bertz CT molecular complexity index is 448. The summed E-state index contributed by atoms with van der Waals surface area (Å²) in [6.07, 6.45) is -2.85. The average Bonchev–Trinajstić information content (AvgIpc) is 2.45. The number of anilines is 2. The fraction of sp³-hybridized carbons (Fsp3) is 0.636. The third-order valence-corrected chi connectivity index (χ3v) is 3.04. The molecule has 2 heterocycles. The second-order valence-corrected chi connectivity index (χ2v) is 4.54. The first-order valence-corrected chi connectivity index (χ1v) is 6.23. The Morgan fingerprint density at radius 1 is 1.25 bits per heavy atom. The van der Waals surface area contributed by atoms with Crippen molar-refractivity contribution in [1.29, 1.82) is 0 Å². The molecule has 1 aromatic rings. The van der Waals surface area contributed by atoms with Crippen LogP contribution in [0.1, 0.15) is 18.7 Å². The van der Waals surface area contributed by atoms with E-state index < -0.39 is 12.0 Å². The van der Waals surface area contributed by atoms with Crippen LogP contribution in [0.25, 0.3) is 0 Å². The quantitative estimate of drug-likeness (QED) is 0.577. The first kappa shape index (κ1) is 14.8. The molecule has 0 spiro atoms. The standard InChI is InChI=1S/C11H16F3N5O/c12-11(13,14)10-17-8(5-9(18-10)19-15)16-6-7-1-3-20-4-2-7/h5,7H,1-4,6,15H2,(H2,16,17,18,19). The number of nitrogens with zero attached hydrogens (tertiary/aromatic N) is 2. The molecule has 20 heavy (non-hydrogen) atoms. The van der Waals surface area contributed by atoms with Gasteiger partial charge in [0.05, 0.1) is 0 Å². The van der Waals surface area contributed by atoms with Gasteiger partial charge < -0.3 is 15.5 Å². The van der Waals surface area contributed by atoms with E-state index in [-0.39, 0.29) is 11.6 Å².